The quantitative estimate of drug-likeness (QED) is 0.749. The third-order valence-corrected chi connectivity index (χ3v) is 3.72. The number of fused-ring (bicyclic) bond motifs is 1. The fourth-order valence-electron chi connectivity index (χ4n) is 2.42. The summed E-state index contributed by atoms with van der Waals surface area (Å²) in [5.74, 6) is -0.262. The van der Waals surface area contributed by atoms with Crippen LogP contribution in [0.25, 0.3) is 11.0 Å². The number of carbonyl (C=O) groups is 2. The number of benzene rings is 2. The van der Waals surface area contributed by atoms with Gasteiger partial charge in [0.2, 0.25) is 11.8 Å². The Balaban J connectivity index is 1.67. The second-order valence-electron chi connectivity index (χ2n) is 5.70. The molecule has 2 amide bonds. The van der Waals surface area contributed by atoms with Crippen LogP contribution in [0.2, 0.25) is 0 Å². The zero-order chi connectivity index (χ0) is 17.8. The summed E-state index contributed by atoms with van der Waals surface area (Å²) in [4.78, 5) is 25.1. The molecule has 0 atom stereocenters. The van der Waals surface area contributed by atoms with Gasteiger partial charge >= 0.3 is 0 Å². The van der Waals surface area contributed by atoms with Gasteiger partial charge in [0.25, 0.3) is 0 Å². The molecule has 7 heteroatoms. The summed E-state index contributed by atoms with van der Waals surface area (Å²) in [7, 11) is 0. The molecule has 1 aromatic heterocycles. The number of aromatic nitrogens is 3. The molecule has 0 spiro atoms. The van der Waals surface area contributed by atoms with Crippen LogP contribution in [0.5, 0.6) is 0 Å². The van der Waals surface area contributed by atoms with Crippen molar-refractivity contribution in [3.8, 4) is 0 Å². The van der Waals surface area contributed by atoms with Crippen LogP contribution in [0.4, 0.5) is 11.4 Å². The third-order valence-electron chi connectivity index (χ3n) is 3.72. The first-order valence-corrected chi connectivity index (χ1v) is 8.05. The molecule has 0 aliphatic carbocycles. The van der Waals surface area contributed by atoms with Gasteiger partial charge in [-0.2, -0.15) is 15.0 Å². The van der Waals surface area contributed by atoms with E-state index in [-0.39, 0.29) is 18.4 Å². The lowest BCUT2D eigenvalue weighted by atomic mass is 10.1. The predicted octanol–water partition coefficient (Wildman–Crippen LogP) is 2.73. The smallest absolute Gasteiger partial charge is 0.247 e. The first-order valence-electron chi connectivity index (χ1n) is 8.05. The van der Waals surface area contributed by atoms with Crippen LogP contribution in [-0.2, 0) is 16.1 Å². The largest absolute Gasteiger partial charge is 0.326 e. The number of nitrogens with zero attached hydrogens (tertiary/aromatic N) is 3. The molecule has 1 heterocycles. The highest BCUT2D eigenvalue weighted by atomic mass is 16.2. The maximum atomic E-state index is 12.2. The number of nitrogens with one attached hydrogen (secondary N) is 2. The van der Waals surface area contributed by atoms with Gasteiger partial charge in [0.1, 0.15) is 17.6 Å². The number of rotatable bonds is 5. The van der Waals surface area contributed by atoms with Gasteiger partial charge in [-0.1, -0.05) is 19.1 Å². The number of hydrogen-bond acceptors (Lipinski definition) is 4. The van der Waals surface area contributed by atoms with E-state index in [9.17, 15) is 9.59 Å². The Kier molecular flexibility index (Phi) is 4.74. The Hall–Kier alpha value is -3.22. The van der Waals surface area contributed by atoms with Crippen LogP contribution in [0.15, 0.2) is 42.5 Å². The van der Waals surface area contributed by atoms with Crippen molar-refractivity contribution in [3.63, 3.8) is 0 Å². The van der Waals surface area contributed by atoms with Gasteiger partial charge in [-0.3, -0.25) is 9.59 Å². The van der Waals surface area contributed by atoms with Gasteiger partial charge in [-0.15, -0.1) is 0 Å². The molecule has 7 nitrogen and oxygen atoms in total. The van der Waals surface area contributed by atoms with Crippen molar-refractivity contribution >= 4 is 34.2 Å². The first-order chi connectivity index (χ1) is 12.0. The molecule has 128 valence electrons. The van der Waals surface area contributed by atoms with Gasteiger partial charge in [0.05, 0.1) is 0 Å². The van der Waals surface area contributed by atoms with E-state index in [2.05, 4.69) is 20.8 Å². The van der Waals surface area contributed by atoms with Crippen molar-refractivity contribution in [2.24, 2.45) is 0 Å². The highest BCUT2D eigenvalue weighted by Gasteiger charge is 2.09. The molecule has 0 fully saturated rings. The summed E-state index contributed by atoms with van der Waals surface area (Å²) >= 11 is 0. The number of carbonyl (C=O) groups excluding carboxylic acids is 2. The molecule has 2 aromatic carbocycles. The van der Waals surface area contributed by atoms with Gasteiger partial charge in [-0.05, 0) is 42.8 Å². The standard InChI is InChI=1S/C18H19N5O2/c1-3-17(24)19-13-8-9-14(12(2)10-13)20-18(25)11-23-21-15-6-4-5-7-16(15)22-23/h4-10H,3,11H2,1-2H3,(H,19,24)(H,20,25). The maximum Gasteiger partial charge on any atom is 0.247 e. The third kappa shape index (κ3) is 4.00. The van der Waals surface area contributed by atoms with Crippen LogP contribution in [-0.4, -0.2) is 26.8 Å². The van der Waals surface area contributed by atoms with E-state index in [4.69, 9.17) is 0 Å². The van der Waals surface area contributed by atoms with Crippen molar-refractivity contribution in [2.75, 3.05) is 10.6 Å². The summed E-state index contributed by atoms with van der Waals surface area (Å²) in [6, 6.07) is 12.8. The van der Waals surface area contributed by atoms with E-state index in [1.54, 1.807) is 19.1 Å². The van der Waals surface area contributed by atoms with E-state index in [1.807, 2.05) is 37.3 Å². The highest BCUT2D eigenvalue weighted by molar-refractivity contribution is 5.93. The van der Waals surface area contributed by atoms with Crippen molar-refractivity contribution in [2.45, 2.75) is 26.8 Å². The Morgan fingerprint density at radius 1 is 1.00 bits per heavy atom. The zero-order valence-electron chi connectivity index (χ0n) is 14.1. The second kappa shape index (κ2) is 7.12. The number of hydrogen-bond donors (Lipinski definition) is 2. The lowest BCUT2D eigenvalue weighted by molar-refractivity contribution is -0.117. The summed E-state index contributed by atoms with van der Waals surface area (Å²) in [6.45, 7) is 3.70. The van der Waals surface area contributed by atoms with E-state index >= 15 is 0 Å². The normalized spacial score (nSPS) is 10.6. The molecule has 0 aliphatic rings. The number of aryl methyl sites for hydroxylation is 1. The molecule has 0 bridgehead atoms. The minimum Gasteiger partial charge on any atom is -0.326 e. The van der Waals surface area contributed by atoms with E-state index in [1.165, 1.54) is 4.80 Å². The topological polar surface area (TPSA) is 88.9 Å². The first kappa shape index (κ1) is 16.6. The van der Waals surface area contributed by atoms with E-state index < -0.39 is 0 Å². The van der Waals surface area contributed by atoms with Gasteiger partial charge in [0, 0.05) is 17.8 Å². The Labute approximate surface area is 145 Å². The lowest BCUT2D eigenvalue weighted by Gasteiger charge is -2.10. The van der Waals surface area contributed by atoms with Crippen molar-refractivity contribution < 1.29 is 9.59 Å². The molecule has 0 unspecified atom stereocenters. The maximum absolute atomic E-state index is 12.2. The number of amides is 2. The SMILES string of the molecule is CCC(=O)Nc1ccc(NC(=O)Cn2nc3ccccc3n2)c(C)c1. The lowest BCUT2D eigenvalue weighted by Crippen LogP contribution is -2.20. The van der Waals surface area contributed by atoms with Gasteiger partial charge < -0.3 is 10.6 Å². The van der Waals surface area contributed by atoms with Crippen LogP contribution in [0.1, 0.15) is 18.9 Å². The monoisotopic (exact) mass is 337 g/mol. The molecule has 0 radical (unpaired) electrons. The summed E-state index contributed by atoms with van der Waals surface area (Å²) in [6.07, 6.45) is 0.419. The van der Waals surface area contributed by atoms with Crippen LogP contribution >= 0.6 is 0 Å². The van der Waals surface area contributed by atoms with Crippen LogP contribution < -0.4 is 10.6 Å². The summed E-state index contributed by atoms with van der Waals surface area (Å²) in [5, 5.41) is 14.2. The minimum atomic E-state index is -0.214. The van der Waals surface area contributed by atoms with Gasteiger partial charge in [0.15, 0.2) is 0 Å². The number of anilines is 2. The molecule has 0 saturated carbocycles. The average Bonchev–Trinajstić information content (AvgIpc) is 2.99. The Morgan fingerprint density at radius 2 is 1.68 bits per heavy atom. The van der Waals surface area contributed by atoms with Gasteiger partial charge in [-0.25, -0.2) is 0 Å². The minimum absolute atomic E-state index is 0.0302. The fourth-order valence-corrected chi connectivity index (χ4v) is 2.42. The van der Waals surface area contributed by atoms with Crippen molar-refractivity contribution in [1.29, 1.82) is 0 Å². The average molecular weight is 337 g/mol. The highest BCUT2D eigenvalue weighted by Crippen LogP contribution is 2.20. The molecule has 0 saturated heterocycles. The fraction of sp³-hybridized carbons (Fsp3) is 0.222. The molecule has 0 aliphatic heterocycles. The molecule has 25 heavy (non-hydrogen) atoms. The van der Waals surface area contributed by atoms with Crippen LogP contribution in [0, 0.1) is 6.92 Å². The molecular formula is C18H19N5O2. The molecule has 2 N–H and O–H groups in total. The van der Waals surface area contributed by atoms with Crippen LogP contribution in [0.3, 0.4) is 0 Å². The zero-order valence-corrected chi connectivity index (χ0v) is 14.1. The summed E-state index contributed by atoms with van der Waals surface area (Å²) in [5.41, 5.74) is 3.77. The molecule has 3 rings (SSSR count). The Morgan fingerprint density at radius 3 is 2.28 bits per heavy atom. The second-order valence-corrected chi connectivity index (χ2v) is 5.70. The van der Waals surface area contributed by atoms with E-state index in [0.29, 0.717) is 17.8 Å². The molecule has 3 aromatic rings. The van der Waals surface area contributed by atoms with Crippen molar-refractivity contribution in [3.05, 3.63) is 48.0 Å². The predicted molar refractivity (Wildman–Crippen MR) is 96.3 cm³/mol. The Bertz CT molecular complexity index is 899. The van der Waals surface area contributed by atoms with Crippen molar-refractivity contribution in [1.82, 2.24) is 15.0 Å². The van der Waals surface area contributed by atoms with E-state index in [0.717, 1.165) is 16.6 Å². The summed E-state index contributed by atoms with van der Waals surface area (Å²) < 4.78 is 0. The molecular weight excluding hydrogens is 318 g/mol.